The molecule has 0 bridgehead atoms. The molecule has 0 heterocycles. The molecule has 582 valence electrons. The smallest absolute Gasteiger partial charge is 0.462 e. The molecule has 0 spiro atoms. The van der Waals surface area contributed by atoms with Crippen molar-refractivity contribution in [3.63, 3.8) is 0 Å². The Morgan fingerprint density at radius 2 is 0.469 bits per heavy atom. The molecule has 0 fully saturated rings. The van der Waals surface area contributed by atoms with Crippen LogP contribution in [0.25, 0.3) is 0 Å². The highest BCUT2D eigenvalue weighted by molar-refractivity contribution is 7.47. The SMILES string of the molecule is CCCCCCCCCCCCC(=O)OC[C@H](COP(=O)(O)OC[C@H](O)COP(=O)(O)OC[C@@H](COC(=O)CCCCCCCCCCCCCCCC(C)C)OC(=O)CCCCCCCCCCCCCCCCC(C)C)OC(=O)CCCCCCCCCCCCCCC(C)C. The maximum atomic E-state index is 13.1. The van der Waals surface area contributed by atoms with E-state index in [4.69, 9.17) is 37.0 Å². The molecular weight excluding hydrogens is 1280 g/mol. The van der Waals surface area contributed by atoms with E-state index in [1.54, 1.807) is 0 Å². The normalized spacial score (nSPS) is 14.0. The Labute approximate surface area is 600 Å². The summed E-state index contributed by atoms with van der Waals surface area (Å²) in [4.78, 5) is 72.9. The summed E-state index contributed by atoms with van der Waals surface area (Å²) in [6.45, 7) is 12.0. The number of phosphoric acid groups is 2. The van der Waals surface area contributed by atoms with Gasteiger partial charge in [-0.05, 0) is 43.4 Å². The highest BCUT2D eigenvalue weighted by Crippen LogP contribution is 2.45. The zero-order valence-corrected chi connectivity index (χ0v) is 66.0. The van der Waals surface area contributed by atoms with Gasteiger partial charge in [0.2, 0.25) is 0 Å². The zero-order chi connectivity index (χ0) is 72.3. The number of hydrogen-bond acceptors (Lipinski definition) is 15. The molecular formula is C79H154O17P2. The van der Waals surface area contributed by atoms with Crippen LogP contribution in [0.4, 0.5) is 0 Å². The number of rotatable bonds is 77. The van der Waals surface area contributed by atoms with Gasteiger partial charge in [0.05, 0.1) is 26.4 Å². The van der Waals surface area contributed by atoms with Gasteiger partial charge in [0.15, 0.2) is 12.2 Å². The maximum Gasteiger partial charge on any atom is 0.472 e. The molecule has 98 heavy (non-hydrogen) atoms. The molecule has 0 aliphatic rings. The molecule has 0 radical (unpaired) electrons. The molecule has 0 aliphatic carbocycles. The second kappa shape index (κ2) is 69.4. The van der Waals surface area contributed by atoms with Crippen molar-refractivity contribution in [2.45, 2.75) is 426 Å². The number of hydrogen-bond donors (Lipinski definition) is 3. The van der Waals surface area contributed by atoms with Crippen LogP contribution in [-0.4, -0.2) is 96.7 Å². The number of aliphatic hydroxyl groups is 1. The average Bonchev–Trinajstić information content (AvgIpc) is 1.11. The third kappa shape index (κ3) is 72.4. The minimum Gasteiger partial charge on any atom is -0.462 e. The highest BCUT2D eigenvalue weighted by Gasteiger charge is 2.30. The van der Waals surface area contributed by atoms with E-state index >= 15 is 0 Å². The summed E-state index contributed by atoms with van der Waals surface area (Å²) >= 11 is 0. The van der Waals surface area contributed by atoms with E-state index in [9.17, 15) is 43.2 Å². The van der Waals surface area contributed by atoms with E-state index in [-0.39, 0.29) is 25.7 Å². The Morgan fingerprint density at radius 3 is 0.694 bits per heavy atom. The van der Waals surface area contributed by atoms with Crippen LogP contribution in [-0.2, 0) is 65.4 Å². The van der Waals surface area contributed by atoms with E-state index in [2.05, 4.69) is 48.5 Å². The molecule has 19 heteroatoms. The number of ether oxygens (including phenoxy) is 4. The summed E-state index contributed by atoms with van der Waals surface area (Å²) < 4.78 is 68.7. The summed E-state index contributed by atoms with van der Waals surface area (Å²) in [5.74, 6) is 0.251. The Bertz CT molecular complexity index is 1900. The fraction of sp³-hybridized carbons (Fsp3) is 0.949. The lowest BCUT2D eigenvalue weighted by Gasteiger charge is -2.21. The average molecular weight is 1440 g/mol. The first-order chi connectivity index (χ1) is 47.2. The summed E-state index contributed by atoms with van der Waals surface area (Å²) in [6.07, 6.45) is 56.7. The van der Waals surface area contributed by atoms with Gasteiger partial charge in [-0.25, -0.2) is 9.13 Å². The molecule has 0 saturated heterocycles. The van der Waals surface area contributed by atoms with Gasteiger partial charge in [0.1, 0.15) is 19.3 Å². The first-order valence-electron chi connectivity index (χ1n) is 40.8. The van der Waals surface area contributed by atoms with Gasteiger partial charge < -0.3 is 33.8 Å². The van der Waals surface area contributed by atoms with E-state index in [0.717, 1.165) is 108 Å². The second-order valence-corrected chi connectivity index (χ2v) is 32.8. The first-order valence-corrected chi connectivity index (χ1v) is 43.8. The number of carbonyl (C=O) groups is 4. The van der Waals surface area contributed by atoms with Crippen LogP contribution in [0.2, 0.25) is 0 Å². The molecule has 17 nitrogen and oxygen atoms in total. The zero-order valence-electron chi connectivity index (χ0n) is 64.3. The lowest BCUT2D eigenvalue weighted by molar-refractivity contribution is -0.161. The Kier molecular flexibility index (Phi) is 68.1. The third-order valence-corrected chi connectivity index (χ3v) is 20.3. The maximum absolute atomic E-state index is 13.1. The van der Waals surface area contributed by atoms with Crippen LogP contribution < -0.4 is 0 Å². The molecule has 0 amide bonds. The van der Waals surface area contributed by atoms with Crippen molar-refractivity contribution >= 4 is 39.5 Å². The summed E-state index contributed by atoms with van der Waals surface area (Å²) in [5.41, 5.74) is 0. The molecule has 0 aromatic heterocycles. The van der Waals surface area contributed by atoms with Crippen molar-refractivity contribution in [3.05, 3.63) is 0 Å². The predicted molar refractivity (Wildman–Crippen MR) is 400 cm³/mol. The first kappa shape index (κ1) is 96.1. The lowest BCUT2D eigenvalue weighted by atomic mass is 10.0. The molecule has 0 saturated carbocycles. The van der Waals surface area contributed by atoms with Gasteiger partial charge >= 0.3 is 39.5 Å². The molecule has 0 rings (SSSR count). The Balaban J connectivity index is 5.25. The van der Waals surface area contributed by atoms with E-state index < -0.39 is 97.5 Å². The van der Waals surface area contributed by atoms with Crippen molar-refractivity contribution in [3.8, 4) is 0 Å². The van der Waals surface area contributed by atoms with Crippen molar-refractivity contribution in [2.24, 2.45) is 17.8 Å². The van der Waals surface area contributed by atoms with Gasteiger partial charge in [0.25, 0.3) is 0 Å². The Morgan fingerprint density at radius 1 is 0.276 bits per heavy atom. The van der Waals surface area contributed by atoms with Crippen LogP contribution in [0.5, 0.6) is 0 Å². The number of aliphatic hydroxyl groups excluding tert-OH is 1. The predicted octanol–water partition coefficient (Wildman–Crippen LogP) is 23.4. The topological polar surface area (TPSA) is 237 Å². The number of esters is 4. The van der Waals surface area contributed by atoms with Gasteiger partial charge in [-0.1, -0.05) is 357 Å². The van der Waals surface area contributed by atoms with Crippen LogP contribution in [0.1, 0.15) is 408 Å². The van der Waals surface area contributed by atoms with E-state index in [1.165, 1.54) is 218 Å². The van der Waals surface area contributed by atoms with Crippen LogP contribution in [0, 0.1) is 17.8 Å². The molecule has 0 aromatic rings. The molecule has 0 aromatic carbocycles. The largest absolute Gasteiger partial charge is 0.472 e. The van der Waals surface area contributed by atoms with Gasteiger partial charge in [-0.15, -0.1) is 0 Å². The van der Waals surface area contributed by atoms with Crippen molar-refractivity contribution < 1.29 is 80.2 Å². The fourth-order valence-corrected chi connectivity index (χ4v) is 13.7. The molecule has 0 aliphatic heterocycles. The van der Waals surface area contributed by atoms with Crippen molar-refractivity contribution in [2.75, 3.05) is 39.6 Å². The number of unbranched alkanes of at least 4 members (excludes halogenated alkanes) is 45. The van der Waals surface area contributed by atoms with Gasteiger partial charge in [-0.3, -0.25) is 37.3 Å². The number of carbonyl (C=O) groups excluding carboxylic acids is 4. The molecule has 2 unspecified atom stereocenters. The molecule has 5 atom stereocenters. The quantitative estimate of drug-likeness (QED) is 0.0222. The number of phosphoric ester groups is 2. The van der Waals surface area contributed by atoms with E-state index in [1.807, 2.05) is 0 Å². The standard InChI is InChI=1S/C79H154O17P2/c1-8-9-10-11-12-13-32-39-46-53-60-76(81)89-66-74(95-79(84)63-56-49-42-35-28-22-21-25-31-38-45-52-59-72(6)7)68-93-97(85,86)91-64-73(80)65-92-98(87,88)94-69-75(67-90-77(82)61-54-47-40-33-26-20-16-18-24-30-37-44-51-58-71(4)5)96-78(83)62-55-48-41-34-27-19-15-14-17-23-29-36-43-50-57-70(2)3/h70-75,80H,8-69H2,1-7H3,(H,85,86)(H,87,88)/t73-,74+,75+/m0/s1. The lowest BCUT2D eigenvalue weighted by Crippen LogP contribution is -2.30. The van der Waals surface area contributed by atoms with E-state index in [0.29, 0.717) is 25.7 Å². The van der Waals surface area contributed by atoms with Crippen LogP contribution >= 0.6 is 15.6 Å². The highest BCUT2D eigenvalue weighted by atomic mass is 31.2. The second-order valence-electron chi connectivity index (χ2n) is 29.9. The summed E-state index contributed by atoms with van der Waals surface area (Å²) in [7, 11) is -9.92. The minimum atomic E-state index is -4.96. The van der Waals surface area contributed by atoms with Crippen LogP contribution in [0.3, 0.4) is 0 Å². The summed E-state index contributed by atoms with van der Waals surface area (Å²) in [6, 6.07) is 0. The van der Waals surface area contributed by atoms with Crippen molar-refractivity contribution in [1.29, 1.82) is 0 Å². The Hall–Kier alpha value is -1.94. The third-order valence-electron chi connectivity index (χ3n) is 18.4. The van der Waals surface area contributed by atoms with Gasteiger partial charge in [-0.2, -0.15) is 0 Å². The van der Waals surface area contributed by atoms with Gasteiger partial charge in [0, 0.05) is 25.7 Å². The minimum absolute atomic E-state index is 0.107. The fourth-order valence-electron chi connectivity index (χ4n) is 12.1. The summed E-state index contributed by atoms with van der Waals surface area (Å²) in [5, 5.41) is 10.6. The van der Waals surface area contributed by atoms with Crippen molar-refractivity contribution in [1.82, 2.24) is 0 Å². The monoisotopic (exact) mass is 1440 g/mol. The molecule has 3 N–H and O–H groups in total. The van der Waals surface area contributed by atoms with Crippen LogP contribution in [0.15, 0.2) is 0 Å².